The Morgan fingerprint density at radius 1 is 1.31 bits per heavy atom. The predicted octanol–water partition coefficient (Wildman–Crippen LogP) is 2.95. The van der Waals surface area contributed by atoms with Gasteiger partial charge < -0.3 is 15.1 Å². The van der Waals surface area contributed by atoms with E-state index in [1.807, 2.05) is 48.3 Å². The van der Waals surface area contributed by atoms with Crippen molar-refractivity contribution in [3.8, 4) is 11.3 Å². The number of carbonyl (C=O) groups is 1. The maximum Gasteiger partial charge on any atom is 0.315 e. The van der Waals surface area contributed by atoms with Crippen LogP contribution in [0.1, 0.15) is 36.0 Å². The minimum Gasteiger partial charge on any atom is -0.439 e. The van der Waals surface area contributed by atoms with Crippen molar-refractivity contribution in [3.05, 3.63) is 59.9 Å². The number of urea groups is 1. The number of benzene rings is 1. The summed E-state index contributed by atoms with van der Waals surface area (Å²) in [5, 5.41) is 10.1. The lowest BCUT2D eigenvalue weighted by atomic mass is 9.93. The van der Waals surface area contributed by atoms with E-state index in [9.17, 15) is 4.79 Å². The van der Waals surface area contributed by atoms with Crippen LogP contribution in [0.3, 0.4) is 0 Å². The number of oxazole rings is 1. The molecule has 0 unspecified atom stereocenters. The molecule has 134 valence electrons. The van der Waals surface area contributed by atoms with Gasteiger partial charge in [-0.25, -0.2) is 9.78 Å². The topological polar surface area (TPSA) is 85.0 Å². The van der Waals surface area contributed by atoms with Crippen molar-refractivity contribution in [2.75, 3.05) is 0 Å². The molecule has 0 aliphatic heterocycles. The Hall–Kier alpha value is -3.09. The highest BCUT2D eigenvalue weighted by Gasteiger charge is 2.24. The molecule has 1 aliphatic carbocycles. The molecule has 0 spiro atoms. The quantitative estimate of drug-likeness (QED) is 0.757. The average Bonchev–Trinajstić information content (AvgIpc) is 3.29. The van der Waals surface area contributed by atoms with Gasteiger partial charge in [0.2, 0.25) is 5.89 Å². The third kappa shape index (κ3) is 3.33. The van der Waals surface area contributed by atoms with E-state index in [1.54, 1.807) is 6.20 Å². The highest BCUT2D eigenvalue weighted by Crippen LogP contribution is 2.29. The Bertz CT molecular complexity index is 900. The van der Waals surface area contributed by atoms with Crippen molar-refractivity contribution in [3.63, 3.8) is 0 Å². The number of rotatable bonds is 4. The number of amides is 2. The van der Waals surface area contributed by atoms with Gasteiger partial charge in [-0.2, -0.15) is 5.10 Å². The number of hydrogen-bond acceptors (Lipinski definition) is 4. The number of nitrogens with zero attached hydrogens (tertiary/aromatic N) is 3. The molecule has 2 heterocycles. The van der Waals surface area contributed by atoms with Gasteiger partial charge in [0, 0.05) is 23.9 Å². The molecule has 1 atom stereocenters. The smallest absolute Gasteiger partial charge is 0.315 e. The van der Waals surface area contributed by atoms with Crippen LogP contribution in [-0.2, 0) is 20.0 Å². The van der Waals surface area contributed by atoms with Crippen LogP contribution in [0.5, 0.6) is 0 Å². The fourth-order valence-electron chi connectivity index (χ4n) is 3.35. The molecule has 2 N–H and O–H groups in total. The molecule has 2 aromatic heterocycles. The van der Waals surface area contributed by atoms with Crippen LogP contribution in [0.4, 0.5) is 4.79 Å². The summed E-state index contributed by atoms with van der Waals surface area (Å²) < 4.78 is 7.59. The zero-order valence-electron chi connectivity index (χ0n) is 14.6. The fraction of sp³-hybridized carbons (Fsp3) is 0.316. The zero-order chi connectivity index (χ0) is 17.9. The van der Waals surface area contributed by atoms with Gasteiger partial charge in [0.15, 0.2) is 5.76 Å². The maximum absolute atomic E-state index is 12.3. The first-order valence-electron chi connectivity index (χ1n) is 8.76. The predicted molar refractivity (Wildman–Crippen MR) is 96.2 cm³/mol. The first kappa shape index (κ1) is 16.4. The van der Waals surface area contributed by atoms with E-state index in [0.717, 1.165) is 30.4 Å². The van der Waals surface area contributed by atoms with E-state index in [-0.39, 0.29) is 18.6 Å². The first-order valence-corrected chi connectivity index (χ1v) is 8.76. The molecule has 1 aromatic carbocycles. The number of fused-ring (bicyclic) bond motifs is 1. The second-order valence-electron chi connectivity index (χ2n) is 6.43. The fourth-order valence-corrected chi connectivity index (χ4v) is 3.35. The molecule has 4 rings (SSSR count). The molecule has 7 nitrogen and oxygen atoms in total. The Morgan fingerprint density at radius 2 is 2.15 bits per heavy atom. The van der Waals surface area contributed by atoms with Gasteiger partial charge in [-0.15, -0.1) is 0 Å². The van der Waals surface area contributed by atoms with Gasteiger partial charge in [0.05, 0.1) is 25.0 Å². The lowest BCUT2D eigenvalue weighted by molar-refractivity contribution is 0.234. The highest BCUT2D eigenvalue weighted by atomic mass is 16.4. The van der Waals surface area contributed by atoms with E-state index in [0.29, 0.717) is 11.7 Å². The number of aryl methyl sites for hydroxylation is 1. The van der Waals surface area contributed by atoms with Crippen LogP contribution in [-0.4, -0.2) is 20.8 Å². The molecule has 26 heavy (non-hydrogen) atoms. The zero-order valence-corrected chi connectivity index (χ0v) is 14.6. The third-order valence-electron chi connectivity index (χ3n) is 4.69. The molecule has 1 aliphatic rings. The second kappa shape index (κ2) is 7.03. The van der Waals surface area contributed by atoms with Gasteiger partial charge in [0.1, 0.15) is 0 Å². The van der Waals surface area contributed by atoms with E-state index in [4.69, 9.17) is 4.42 Å². The molecular formula is C19H21N5O2. The molecule has 3 aromatic rings. The first-order chi connectivity index (χ1) is 12.7. The molecule has 0 fully saturated rings. The summed E-state index contributed by atoms with van der Waals surface area (Å²) in [4.78, 5) is 16.5. The van der Waals surface area contributed by atoms with Crippen molar-refractivity contribution in [2.24, 2.45) is 7.05 Å². The summed E-state index contributed by atoms with van der Waals surface area (Å²) >= 11 is 0. The molecule has 0 radical (unpaired) electrons. The molecule has 7 heteroatoms. The van der Waals surface area contributed by atoms with Crippen molar-refractivity contribution < 1.29 is 9.21 Å². The Kier molecular flexibility index (Phi) is 4.43. The number of hydrogen-bond donors (Lipinski definition) is 2. The summed E-state index contributed by atoms with van der Waals surface area (Å²) in [6.07, 6.45) is 6.48. The SMILES string of the molecule is Cn1ncc2c1CCC[C@H]2NC(=O)NCc1ncc(-c2ccccc2)o1. The van der Waals surface area contributed by atoms with Gasteiger partial charge in [0.25, 0.3) is 0 Å². The lowest BCUT2D eigenvalue weighted by Gasteiger charge is -2.23. The summed E-state index contributed by atoms with van der Waals surface area (Å²) in [5.41, 5.74) is 3.26. The van der Waals surface area contributed by atoms with Gasteiger partial charge in [-0.05, 0) is 19.3 Å². The normalized spacial score (nSPS) is 16.1. The Morgan fingerprint density at radius 3 is 3.00 bits per heavy atom. The monoisotopic (exact) mass is 351 g/mol. The van der Waals surface area contributed by atoms with E-state index >= 15 is 0 Å². The molecule has 2 amide bonds. The van der Waals surface area contributed by atoms with Crippen LogP contribution in [0, 0.1) is 0 Å². The van der Waals surface area contributed by atoms with Crippen molar-refractivity contribution >= 4 is 6.03 Å². The van der Waals surface area contributed by atoms with Crippen LogP contribution < -0.4 is 10.6 Å². The lowest BCUT2D eigenvalue weighted by Crippen LogP contribution is -2.38. The van der Waals surface area contributed by atoms with E-state index in [2.05, 4.69) is 20.7 Å². The van der Waals surface area contributed by atoms with Gasteiger partial charge in [-0.1, -0.05) is 30.3 Å². The standard InChI is InChI=1S/C19H21N5O2/c1-24-16-9-5-8-15(14(16)10-22-24)23-19(25)21-12-18-20-11-17(26-18)13-6-3-2-4-7-13/h2-4,6-7,10-11,15H,5,8-9,12H2,1H3,(H2,21,23,25)/t15-/m1/s1. The third-order valence-corrected chi connectivity index (χ3v) is 4.69. The largest absolute Gasteiger partial charge is 0.439 e. The maximum atomic E-state index is 12.3. The van der Waals surface area contributed by atoms with Crippen molar-refractivity contribution in [1.82, 2.24) is 25.4 Å². The van der Waals surface area contributed by atoms with Crippen LogP contribution in [0.2, 0.25) is 0 Å². The molecule has 0 saturated heterocycles. The highest BCUT2D eigenvalue weighted by molar-refractivity contribution is 5.74. The van der Waals surface area contributed by atoms with Crippen LogP contribution >= 0.6 is 0 Å². The van der Waals surface area contributed by atoms with Crippen LogP contribution in [0.25, 0.3) is 11.3 Å². The summed E-state index contributed by atoms with van der Waals surface area (Å²) in [6, 6.07) is 9.52. The van der Waals surface area contributed by atoms with Crippen molar-refractivity contribution in [2.45, 2.75) is 31.8 Å². The second-order valence-corrected chi connectivity index (χ2v) is 6.43. The number of carbonyl (C=O) groups excluding carboxylic acids is 1. The molecular weight excluding hydrogens is 330 g/mol. The minimum atomic E-state index is -0.230. The average molecular weight is 351 g/mol. The number of aromatic nitrogens is 3. The Labute approximate surface area is 151 Å². The number of nitrogens with one attached hydrogen (secondary N) is 2. The van der Waals surface area contributed by atoms with Crippen molar-refractivity contribution in [1.29, 1.82) is 0 Å². The summed E-state index contributed by atoms with van der Waals surface area (Å²) in [7, 11) is 1.94. The van der Waals surface area contributed by atoms with Gasteiger partial charge >= 0.3 is 6.03 Å². The summed E-state index contributed by atoms with van der Waals surface area (Å²) in [5.74, 6) is 1.17. The Balaban J connectivity index is 1.34. The van der Waals surface area contributed by atoms with Crippen LogP contribution in [0.15, 0.2) is 47.1 Å². The van der Waals surface area contributed by atoms with E-state index in [1.165, 1.54) is 5.69 Å². The molecule has 0 saturated carbocycles. The minimum absolute atomic E-state index is 0.00288. The summed E-state index contributed by atoms with van der Waals surface area (Å²) in [6.45, 7) is 0.241. The molecule has 0 bridgehead atoms. The van der Waals surface area contributed by atoms with Gasteiger partial charge in [-0.3, -0.25) is 4.68 Å². The van der Waals surface area contributed by atoms with E-state index < -0.39 is 0 Å².